The minimum Gasteiger partial charge on any atom is -0.323 e. The molecular formula is C7H10N4. The van der Waals surface area contributed by atoms with Gasteiger partial charge >= 0.3 is 0 Å². The highest BCUT2D eigenvalue weighted by molar-refractivity contribution is 5.22. The Hall–Kier alpha value is -1.34. The van der Waals surface area contributed by atoms with Crippen LogP contribution in [0.4, 0.5) is 0 Å². The van der Waals surface area contributed by atoms with E-state index < -0.39 is 0 Å². The minimum absolute atomic E-state index is 0.0374. The number of nitrogens with zero attached hydrogens (tertiary/aromatic N) is 2. The molecule has 0 saturated heterocycles. The Kier molecular flexibility index (Phi) is 2.24. The second-order valence-electron chi connectivity index (χ2n) is 2.34. The number of nitrogens with two attached hydrogens (primary N) is 1. The average Bonchev–Trinajstić information content (AvgIpc) is 2.50. The molecule has 0 bridgehead atoms. The van der Waals surface area contributed by atoms with Crippen molar-refractivity contribution in [2.24, 2.45) is 5.73 Å². The molecule has 1 aromatic heterocycles. The average molecular weight is 150 g/mol. The molecule has 0 aliphatic heterocycles. The van der Waals surface area contributed by atoms with E-state index >= 15 is 0 Å². The van der Waals surface area contributed by atoms with Crippen molar-refractivity contribution in [1.29, 1.82) is 5.26 Å². The summed E-state index contributed by atoms with van der Waals surface area (Å²) in [5.74, 6) is 0. The first-order valence-electron chi connectivity index (χ1n) is 3.49. The van der Waals surface area contributed by atoms with Crippen LogP contribution in [-0.4, -0.2) is 10.2 Å². The van der Waals surface area contributed by atoms with Crippen LogP contribution in [0.25, 0.3) is 0 Å². The topological polar surface area (TPSA) is 78.5 Å². The number of H-pyrrole nitrogens is 1. The fraction of sp³-hybridized carbons (Fsp3) is 0.429. The van der Waals surface area contributed by atoms with Crippen LogP contribution >= 0.6 is 0 Å². The van der Waals surface area contributed by atoms with Gasteiger partial charge in [0.25, 0.3) is 0 Å². The van der Waals surface area contributed by atoms with Crippen molar-refractivity contribution >= 4 is 0 Å². The molecule has 11 heavy (non-hydrogen) atoms. The Morgan fingerprint density at radius 1 is 1.91 bits per heavy atom. The fourth-order valence-corrected chi connectivity index (χ4v) is 0.804. The number of hydrogen-bond donors (Lipinski definition) is 2. The SMILES string of the molecule is CCC(N)c1cc(C#N)n[nH]1. The number of hydrogen-bond acceptors (Lipinski definition) is 3. The summed E-state index contributed by atoms with van der Waals surface area (Å²) >= 11 is 0. The number of rotatable bonds is 2. The normalized spacial score (nSPS) is 12.5. The van der Waals surface area contributed by atoms with Gasteiger partial charge in [0.05, 0.1) is 5.69 Å². The van der Waals surface area contributed by atoms with E-state index in [4.69, 9.17) is 11.0 Å². The van der Waals surface area contributed by atoms with E-state index in [9.17, 15) is 0 Å². The van der Waals surface area contributed by atoms with Crippen molar-refractivity contribution in [1.82, 2.24) is 10.2 Å². The van der Waals surface area contributed by atoms with Crippen molar-refractivity contribution in [3.8, 4) is 6.07 Å². The lowest BCUT2D eigenvalue weighted by Gasteiger charge is -2.02. The molecule has 0 aliphatic carbocycles. The Balaban J connectivity index is 2.82. The monoisotopic (exact) mass is 150 g/mol. The fourth-order valence-electron chi connectivity index (χ4n) is 0.804. The summed E-state index contributed by atoms with van der Waals surface area (Å²) in [6.45, 7) is 1.98. The summed E-state index contributed by atoms with van der Waals surface area (Å²) in [7, 11) is 0. The molecule has 4 nitrogen and oxygen atoms in total. The van der Waals surface area contributed by atoms with Crippen LogP contribution in [0.2, 0.25) is 0 Å². The maximum absolute atomic E-state index is 8.43. The number of nitrogens with one attached hydrogen (secondary N) is 1. The van der Waals surface area contributed by atoms with Crippen LogP contribution < -0.4 is 5.73 Å². The quantitative estimate of drug-likeness (QED) is 0.651. The van der Waals surface area contributed by atoms with Crippen molar-refractivity contribution in [3.05, 3.63) is 17.5 Å². The van der Waals surface area contributed by atoms with Crippen molar-refractivity contribution in [3.63, 3.8) is 0 Å². The molecule has 1 unspecified atom stereocenters. The lowest BCUT2D eigenvalue weighted by atomic mass is 10.2. The van der Waals surface area contributed by atoms with Gasteiger partial charge in [-0.2, -0.15) is 10.4 Å². The predicted molar refractivity (Wildman–Crippen MR) is 40.5 cm³/mol. The molecule has 1 atom stereocenters. The van der Waals surface area contributed by atoms with E-state index in [1.165, 1.54) is 0 Å². The van der Waals surface area contributed by atoms with E-state index in [1.54, 1.807) is 6.07 Å². The Labute approximate surface area is 65.0 Å². The lowest BCUT2D eigenvalue weighted by Crippen LogP contribution is -2.08. The summed E-state index contributed by atoms with van der Waals surface area (Å²) < 4.78 is 0. The summed E-state index contributed by atoms with van der Waals surface area (Å²) in [5, 5.41) is 14.9. The van der Waals surface area contributed by atoms with E-state index in [1.807, 2.05) is 13.0 Å². The third-order valence-electron chi connectivity index (χ3n) is 1.55. The second kappa shape index (κ2) is 3.17. The Bertz CT molecular complexity index is 270. The molecule has 1 rings (SSSR count). The van der Waals surface area contributed by atoms with Gasteiger partial charge in [0.1, 0.15) is 6.07 Å². The van der Waals surface area contributed by atoms with E-state index in [0.717, 1.165) is 12.1 Å². The minimum atomic E-state index is -0.0374. The van der Waals surface area contributed by atoms with Gasteiger partial charge in [0.15, 0.2) is 5.69 Å². The molecule has 0 saturated carbocycles. The molecule has 0 fully saturated rings. The standard InChI is InChI=1S/C7H10N4/c1-2-6(9)7-3-5(4-8)10-11-7/h3,6H,2,9H2,1H3,(H,10,11). The zero-order chi connectivity index (χ0) is 8.27. The maximum Gasteiger partial charge on any atom is 0.162 e. The first kappa shape index (κ1) is 7.76. The van der Waals surface area contributed by atoms with Crippen molar-refractivity contribution in [2.75, 3.05) is 0 Å². The first-order valence-corrected chi connectivity index (χ1v) is 3.49. The van der Waals surface area contributed by atoms with Crippen molar-refractivity contribution < 1.29 is 0 Å². The molecule has 3 N–H and O–H groups in total. The molecule has 0 aromatic carbocycles. The Morgan fingerprint density at radius 2 is 2.64 bits per heavy atom. The van der Waals surface area contributed by atoms with Crippen LogP contribution in [0.15, 0.2) is 6.07 Å². The van der Waals surface area contributed by atoms with Gasteiger partial charge in [-0.25, -0.2) is 0 Å². The molecular weight excluding hydrogens is 140 g/mol. The third kappa shape index (κ3) is 1.57. The number of aromatic amines is 1. The third-order valence-corrected chi connectivity index (χ3v) is 1.55. The van der Waals surface area contributed by atoms with Gasteiger partial charge in [-0.15, -0.1) is 0 Å². The van der Waals surface area contributed by atoms with E-state index in [2.05, 4.69) is 10.2 Å². The summed E-state index contributed by atoms with van der Waals surface area (Å²) in [6.07, 6.45) is 0.840. The molecule has 1 aromatic rings. The molecule has 0 radical (unpaired) electrons. The number of nitriles is 1. The van der Waals surface area contributed by atoms with Crippen LogP contribution in [0, 0.1) is 11.3 Å². The molecule has 0 spiro atoms. The maximum atomic E-state index is 8.43. The van der Waals surface area contributed by atoms with E-state index in [0.29, 0.717) is 5.69 Å². The lowest BCUT2D eigenvalue weighted by molar-refractivity contribution is 0.672. The highest BCUT2D eigenvalue weighted by Crippen LogP contribution is 2.10. The van der Waals surface area contributed by atoms with Gasteiger partial charge in [-0.3, -0.25) is 5.10 Å². The van der Waals surface area contributed by atoms with Crippen LogP contribution in [0.3, 0.4) is 0 Å². The largest absolute Gasteiger partial charge is 0.323 e. The van der Waals surface area contributed by atoms with Gasteiger partial charge in [-0.05, 0) is 12.5 Å². The Morgan fingerprint density at radius 3 is 3.09 bits per heavy atom. The molecule has 0 amide bonds. The predicted octanol–water partition coefficient (Wildman–Crippen LogP) is 0.691. The first-order chi connectivity index (χ1) is 5.27. The van der Waals surface area contributed by atoms with Crippen LogP contribution in [0.5, 0.6) is 0 Å². The van der Waals surface area contributed by atoms with Gasteiger partial charge in [0.2, 0.25) is 0 Å². The molecule has 4 heteroatoms. The summed E-state index contributed by atoms with van der Waals surface area (Å²) in [6, 6.07) is 3.57. The molecule has 0 aliphatic rings. The zero-order valence-corrected chi connectivity index (χ0v) is 6.33. The van der Waals surface area contributed by atoms with Crippen LogP contribution in [-0.2, 0) is 0 Å². The molecule has 1 heterocycles. The van der Waals surface area contributed by atoms with Crippen LogP contribution in [0.1, 0.15) is 30.8 Å². The van der Waals surface area contributed by atoms with Gasteiger partial charge in [-0.1, -0.05) is 6.92 Å². The highest BCUT2D eigenvalue weighted by atomic mass is 15.1. The highest BCUT2D eigenvalue weighted by Gasteiger charge is 2.06. The molecule has 58 valence electrons. The second-order valence-corrected chi connectivity index (χ2v) is 2.34. The van der Waals surface area contributed by atoms with E-state index in [-0.39, 0.29) is 6.04 Å². The zero-order valence-electron chi connectivity index (χ0n) is 6.33. The number of aromatic nitrogens is 2. The summed E-state index contributed by atoms with van der Waals surface area (Å²) in [4.78, 5) is 0. The smallest absolute Gasteiger partial charge is 0.162 e. The van der Waals surface area contributed by atoms with Gasteiger partial charge in [0, 0.05) is 6.04 Å². The summed E-state index contributed by atoms with van der Waals surface area (Å²) in [5.41, 5.74) is 6.90. The van der Waals surface area contributed by atoms with Crippen molar-refractivity contribution in [2.45, 2.75) is 19.4 Å². The van der Waals surface area contributed by atoms with Gasteiger partial charge < -0.3 is 5.73 Å².